The van der Waals surface area contributed by atoms with Crippen LogP contribution >= 0.6 is 11.3 Å². The van der Waals surface area contributed by atoms with Crippen LogP contribution in [0.3, 0.4) is 0 Å². The molecule has 0 saturated carbocycles. The van der Waals surface area contributed by atoms with Crippen LogP contribution in [0.5, 0.6) is 0 Å². The summed E-state index contributed by atoms with van der Waals surface area (Å²) in [6.07, 6.45) is 0.952. The first kappa shape index (κ1) is 17.9. The van der Waals surface area contributed by atoms with Crippen molar-refractivity contribution in [1.29, 1.82) is 0 Å². The van der Waals surface area contributed by atoms with Crippen molar-refractivity contribution in [2.45, 2.75) is 41.0 Å². The molecule has 0 saturated heterocycles. The van der Waals surface area contributed by atoms with Gasteiger partial charge in [-0.2, -0.15) is 0 Å². The molecule has 2 aromatic rings. The molecule has 0 spiro atoms. The van der Waals surface area contributed by atoms with Crippen molar-refractivity contribution >= 4 is 11.3 Å². The van der Waals surface area contributed by atoms with Crippen molar-refractivity contribution in [3.8, 4) is 10.4 Å². The van der Waals surface area contributed by atoms with E-state index in [9.17, 15) is 0 Å². The molecule has 19 heavy (non-hydrogen) atoms. The maximum Gasteiger partial charge on any atom is 0.0348 e. The summed E-state index contributed by atoms with van der Waals surface area (Å²) in [7, 11) is 0. The predicted octanol–water partition coefficient (Wildman–Crippen LogP) is 5.28. The van der Waals surface area contributed by atoms with E-state index in [1.807, 2.05) is 39.0 Å². The maximum atomic E-state index is 5.62. The zero-order valence-corrected chi connectivity index (χ0v) is 13.7. The van der Waals surface area contributed by atoms with Gasteiger partial charge in [-0.25, -0.2) is 0 Å². The van der Waals surface area contributed by atoms with E-state index < -0.39 is 0 Å². The second-order valence-electron chi connectivity index (χ2n) is 3.61. The number of thiophene rings is 1. The number of benzene rings is 1. The van der Waals surface area contributed by atoms with E-state index in [4.69, 9.17) is 5.73 Å². The molecule has 0 atom stereocenters. The second-order valence-corrected chi connectivity index (χ2v) is 4.89. The molecule has 0 amide bonds. The molecule has 2 N–H and O–H groups in total. The summed E-state index contributed by atoms with van der Waals surface area (Å²) < 4.78 is 0. The minimum atomic E-state index is 0.710. The van der Waals surface area contributed by atoms with Gasteiger partial charge in [-0.1, -0.05) is 52.0 Å². The van der Waals surface area contributed by atoms with Crippen molar-refractivity contribution < 1.29 is 0 Å². The molecule has 0 aliphatic heterocycles. The second kappa shape index (κ2) is 10.8. The smallest absolute Gasteiger partial charge is 0.0348 e. The number of hydrogen-bond acceptors (Lipinski definition) is 2. The topological polar surface area (TPSA) is 26.0 Å². The lowest BCUT2D eigenvalue weighted by Gasteiger charge is -2.05. The lowest BCUT2D eigenvalue weighted by atomic mass is 10.0. The lowest BCUT2D eigenvalue weighted by molar-refractivity contribution is 0.971. The van der Waals surface area contributed by atoms with Gasteiger partial charge in [0.15, 0.2) is 0 Å². The van der Waals surface area contributed by atoms with Crippen molar-refractivity contribution in [2.75, 3.05) is 6.54 Å². The molecule has 0 fully saturated rings. The Balaban J connectivity index is 0.000000741. The summed E-state index contributed by atoms with van der Waals surface area (Å²) in [4.78, 5) is 2.70. The van der Waals surface area contributed by atoms with Crippen LogP contribution in [-0.2, 0) is 6.42 Å². The zero-order chi connectivity index (χ0) is 14.7. The largest absolute Gasteiger partial charge is 0.330 e. The summed E-state index contributed by atoms with van der Waals surface area (Å²) in [6.45, 7) is 10.8. The monoisotopic (exact) mass is 277 g/mol. The number of nitrogens with two attached hydrogens (primary N) is 1. The third kappa shape index (κ3) is 5.58. The SMILES string of the molecule is CC.CC.Cc1ccc(-c2ccccc2CCN)s1. The molecule has 1 nitrogen and oxygen atoms in total. The van der Waals surface area contributed by atoms with Crippen LogP contribution in [-0.4, -0.2) is 6.54 Å². The molecule has 106 valence electrons. The van der Waals surface area contributed by atoms with E-state index in [2.05, 4.69) is 43.3 Å². The third-order valence-corrected chi connectivity index (χ3v) is 3.47. The van der Waals surface area contributed by atoms with Gasteiger partial charge in [0, 0.05) is 9.75 Å². The standard InChI is InChI=1S/C13H15NS.2C2H6/c1-10-6-7-13(15-10)12-5-3-2-4-11(12)8-9-14;2*1-2/h2-7H,8-9,14H2,1H3;2*1-2H3. The average molecular weight is 277 g/mol. The van der Waals surface area contributed by atoms with Crippen LogP contribution in [0.15, 0.2) is 36.4 Å². The molecule has 0 unspecified atom stereocenters. The van der Waals surface area contributed by atoms with Crippen molar-refractivity contribution in [1.82, 2.24) is 0 Å². The normalized spacial score (nSPS) is 8.95. The number of hydrogen-bond donors (Lipinski definition) is 1. The summed E-state index contributed by atoms with van der Waals surface area (Å²) >= 11 is 1.84. The van der Waals surface area contributed by atoms with Gasteiger partial charge in [0.05, 0.1) is 0 Å². The van der Waals surface area contributed by atoms with E-state index in [1.165, 1.54) is 20.9 Å². The predicted molar refractivity (Wildman–Crippen MR) is 89.9 cm³/mol. The molecule has 1 heterocycles. The Morgan fingerprint density at radius 3 is 2.11 bits per heavy atom. The fourth-order valence-corrected chi connectivity index (χ4v) is 2.64. The average Bonchev–Trinajstić information content (AvgIpc) is 2.91. The van der Waals surface area contributed by atoms with E-state index >= 15 is 0 Å². The highest BCUT2D eigenvalue weighted by molar-refractivity contribution is 7.15. The Labute approximate surface area is 122 Å². The minimum Gasteiger partial charge on any atom is -0.330 e. The van der Waals surface area contributed by atoms with Crippen LogP contribution in [0.2, 0.25) is 0 Å². The molecule has 1 aromatic heterocycles. The zero-order valence-electron chi connectivity index (χ0n) is 12.9. The van der Waals surface area contributed by atoms with E-state index in [1.54, 1.807) is 0 Å². The van der Waals surface area contributed by atoms with Crippen molar-refractivity contribution in [3.63, 3.8) is 0 Å². The van der Waals surface area contributed by atoms with Crippen LogP contribution in [0.1, 0.15) is 38.1 Å². The lowest BCUT2D eigenvalue weighted by Crippen LogP contribution is -2.03. The van der Waals surface area contributed by atoms with Crippen LogP contribution in [0, 0.1) is 6.92 Å². The van der Waals surface area contributed by atoms with Crippen molar-refractivity contribution in [2.24, 2.45) is 5.73 Å². The van der Waals surface area contributed by atoms with Gasteiger partial charge in [-0.3, -0.25) is 0 Å². The molecule has 1 aromatic carbocycles. The molecule has 0 aliphatic rings. The molecular weight excluding hydrogens is 250 g/mol. The van der Waals surface area contributed by atoms with Gasteiger partial charge in [0.2, 0.25) is 0 Å². The minimum absolute atomic E-state index is 0.710. The van der Waals surface area contributed by atoms with E-state index in [-0.39, 0.29) is 0 Å². The van der Waals surface area contributed by atoms with E-state index in [0.29, 0.717) is 6.54 Å². The summed E-state index contributed by atoms with van der Waals surface area (Å²) in [5, 5.41) is 0. The quantitative estimate of drug-likeness (QED) is 0.812. The number of rotatable bonds is 3. The highest BCUT2D eigenvalue weighted by Gasteiger charge is 2.05. The third-order valence-electron chi connectivity index (χ3n) is 2.44. The fourth-order valence-electron chi connectivity index (χ4n) is 1.71. The van der Waals surface area contributed by atoms with Gasteiger partial charge in [-0.05, 0) is 43.1 Å². The Bertz CT molecular complexity index is 446. The molecule has 2 rings (SSSR count). The van der Waals surface area contributed by atoms with Crippen molar-refractivity contribution in [3.05, 3.63) is 46.8 Å². The summed E-state index contributed by atoms with van der Waals surface area (Å²) in [5.74, 6) is 0. The molecule has 2 heteroatoms. The van der Waals surface area contributed by atoms with Crippen LogP contribution in [0.25, 0.3) is 10.4 Å². The Hall–Kier alpha value is -1.12. The molecular formula is C17H27NS. The number of aryl methyl sites for hydroxylation is 1. The first-order valence-electron chi connectivity index (χ1n) is 7.16. The van der Waals surface area contributed by atoms with Gasteiger partial charge in [0.25, 0.3) is 0 Å². The van der Waals surface area contributed by atoms with Crippen LogP contribution in [0.4, 0.5) is 0 Å². The highest BCUT2D eigenvalue weighted by Crippen LogP contribution is 2.30. The Morgan fingerprint density at radius 1 is 0.947 bits per heavy atom. The molecule has 0 aliphatic carbocycles. The van der Waals surface area contributed by atoms with Gasteiger partial charge >= 0.3 is 0 Å². The van der Waals surface area contributed by atoms with Gasteiger partial charge in [0.1, 0.15) is 0 Å². The highest BCUT2D eigenvalue weighted by atomic mass is 32.1. The van der Waals surface area contributed by atoms with E-state index in [0.717, 1.165) is 6.42 Å². The van der Waals surface area contributed by atoms with Crippen LogP contribution < -0.4 is 5.73 Å². The Morgan fingerprint density at radius 2 is 1.58 bits per heavy atom. The van der Waals surface area contributed by atoms with Gasteiger partial charge in [-0.15, -0.1) is 11.3 Å². The maximum absolute atomic E-state index is 5.62. The summed E-state index contributed by atoms with van der Waals surface area (Å²) in [6, 6.07) is 12.9. The first-order chi connectivity index (χ1) is 9.31. The van der Waals surface area contributed by atoms with Gasteiger partial charge < -0.3 is 5.73 Å². The summed E-state index contributed by atoms with van der Waals surface area (Å²) in [5.41, 5.74) is 8.30. The Kier molecular flexibility index (Phi) is 10.1. The molecule has 0 radical (unpaired) electrons. The first-order valence-corrected chi connectivity index (χ1v) is 7.97. The molecule has 0 bridgehead atoms. The fraction of sp³-hybridized carbons (Fsp3) is 0.412.